The van der Waals surface area contributed by atoms with Gasteiger partial charge in [-0.2, -0.15) is 0 Å². The van der Waals surface area contributed by atoms with Crippen molar-refractivity contribution in [3.63, 3.8) is 0 Å². The van der Waals surface area contributed by atoms with E-state index in [4.69, 9.17) is 0 Å². The molecule has 1 amide bonds. The number of carboxylic acid groups (broad SMARTS) is 1. The number of carboxylic acids is 1. The highest BCUT2D eigenvalue weighted by molar-refractivity contribution is 7.09. The van der Waals surface area contributed by atoms with Crippen molar-refractivity contribution in [1.29, 1.82) is 0 Å². The number of amides is 1. The molecule has 2 rings (SSSR count). The Morgan fingerprint density at radius 3 is 2.65 bits per heavy atom. The highest BCUT2D eigenvalue weighted by atomic mass is 32.1. The van der Waals surface area contributed by atoms with E-state index in [2.05, 4.69) is 10.3 Å². The van der Waals surface area contributed by atoms with Crippen LogP contribution in [-0.2, 0) is 4.79 Å². The molecular weight excluding hydrogens is 312 g/mol. The standard InChI is InChI=1S/C17H20N2O3S/c1-10(2)7-14(17(21)22)19-16(20)13-6-4-5-12(8-13)15-9-23-11(3)18-15/h4-6,8-10,14H,7H2,1-3H3,(H,19,20)(H,21,22)/t14-/m0/s1. The van der Waals surface area contributed by atoms with E-state index in [1.54, 1.807) is 29.5 Å². The number of carbonyl (C=O) groups is 2. The Labute approximate surface area is 139 Å². The molecule has 0 fully saturated rings. The molecule has 5 nitrogen and oxygen atoms in total. The zero-order valence-corrected chi connectivity index (χ0v) is 14.2. The van der Waals surface area contributed by atoms with Crippen molar-refractivity contribution in [2.75, 3.05) is 0 Å². The van der Waals surface area contributed by atoms with Gasteiger partial charge in [0.2, 0.25) is 0 Å². The van der Waals surface area contributed by atoms with Gasteiger partial charge in [0.1, 0.15) is 6.04 Å². The van der Waals surface area contributed by atoms with Gasteiger partial charge in [0.05, 0.1) is 10.7 Å². The summed E-state index contributed by atoms with van der Waals surface area (Å²) in [6.07, 6.45) is 0.395. The highest BCUT2D eigenvalue weighted by Crippen LogP contribution is 2.22. The lowest BCUT2D eigenvalue weighted by Crippen LogP contribution is -2.41. The fourth-order valence-electron chi connectivity index (χ4n) is 2.25. The molecule has 0 aliphatic carbocycles. The van der Waals surface area contributed by atoms with Crippen LogP contribution in [0.3, 0.4) is 0 Å². The van der Waals surface area contributed by atoms with Gasteiger partial charge in [0.15, 0.2) is 0 Å². The maximum Gasteiger partial charge on any atom is 0.326 e. The largest absolute Gasteiger partial charge is 0.480 e. The summed E-state index contributed by atoms with van der Waals surface area (Å²) in [7, 11) is 0. The third kappa shape index (κ3) is 4.63. The average molecular weight is 332 g/mol. The van der Waals surface area contributed by atoms with Crippen LogP contribution in [0.1, 0.15) is 35.6 Å². The van der Waals surface area contributed by atoms with E-state index in [9.17, 15) is 14.7 Å². The minimum absolute atomic E-state index is 0.181. The summed E-state index contributed by atoms with van der Waals surface area (Å²) in [5.41, 5.74) is 2.10. The summed E-state index contributed by atoms with van der Waals surface area (Å²) in [4.78, 5) is 28.0. The van der Waals surface area contributed by atoms with Gasteiger partial charge in [-0.1, -0.05) is 26.0 Å². The molecule has 0 radical (unpaired) electrons. The topological polar surface area (TPSA) is 79.3 Å². The van der Waals surface area contributed by atoms with E-state index in [-0.39, 0.29) is 11.8 Å². The van der Waals surface area contributed by atoms with Crippen LogP contribution in [-0.4, -0.2) is 28.0 Å². The number of aliphatic carboxylic acids is 1. The van der Waals surface area contributed by atoms with Crippen LogP contribution in [0.4, 0.5) is 0 Å². The molecule has 0 saturated carbocycles. The highest BCUT2D eigenvalue weighted by Gasteiger charge is 2.21. The van der Waals surface area contributed by atoms with Gasteiger partial charge in [-0.3, -0.25) is 4.79 Å². The van der Waals surface area contributed by atoms with Crippen molar-refractivity contribution >= 4 is 23.2 Å². The second kappa shape index (κ2) is 7.37. The average Bonchev–Trinajstić information content (AvgIpc) is 2.92. The number of hydrogen-bond acceptors (Lipinski definition) is 4. The number of aromatic nitrogens is 1. The van der Waals surface area contributed by atoms with Crippen LogP contribution in [0.25, 0.3) is 11.3 Å². The molecule has 0 unspecified atom stereocenters. The quantitative estimate of drug-likeness (QED) is 0.850. The van der Waals surface area contributed by atoms with Gasteiger partial charge in [-0.05, 0) is 31.4 Å². The Morgan fingerprint density at radius 1 is 1.35 bits per heavy atom. The molecule has 1 aromatic heterocycles. The van der Waals surface area contributed by atoms with Crippen molar-refractivity contribution < 1.29 is 14.7 Å². The summed E-state index contributed by atoms with van der Waals surface area (Å²) in [6.45, 7) is 5.77. The molecule has 1 atom stereocenters. The summed E-state index contributed by atoms with van der Waals surface area (Å²) in [5.74, 6) is -1.22. The van der Waals surface area contributed by atoms with Gasteiger partial charge < -0.3 is 10.4 Å². The zero-order valence-electron chi connectivity index (χ0n) is 13.4. The first-order valence-electron chi connectivity index (χ1n) is 7.43. The Kier molecular flexibility index (Phi) is 5.50. The number of thiazole rings is 1. The summed E-state index contributed by atoms with van der Waals surface area (Å²) in [6, 6.07) is 6.18. The molecule has 0 saturated heterocycles. The van der Waals surface area contributed by atoms with Crippen LogP contribution >= 0.6 is 11.3 Å². The minimum Gasteiger partial charge on any atom is -0.480 e. The van der Waals surface area contributed by atoms with E-state index in [0.29, 0.717) is 12.0 Å². The van der Waals surface area contributed by atoms with E-state index in [1.807, 2.05) is 32.2 Å². The van der Waals surface area contributed by atoms with E-state index in [0.717, 1.165) is 16.3 Å². The van der Waals surface area contributed by atoms with Gasteiger partial charge in [0, 0.05) is 16.5 Å². The molecule has 1 aromatic carbocycles. The first-order valence-corrected chi connectivity index (χ1v) is 8.31. The van der Waals surface area contributed by atoms with Gasteiger partial charge >= 0.3 is 5.97 Å². The molecule has 0 spiro atoms. The van der Waals surface area contributed by atoms with Crippen LogP contribution in [0.5, 0.6) is 0 Å². The molecule has 0 aliphatic heterocycles. The molecule has 1 heterocycles. The second-order valence-corrected chi connectivity index (χ2v) is 6.89. The number of nitrogens with one attached hydrogen (secondary N) is 1. The summed E-state index contributed by atoms with van der Waals surface area (Å²) >= 11 is 1.55. The molecule has 23 heavy (non-hydrogen) atoms. The van der Waals surface area contributed by atoms with Crippen LogP contribution in [0.15, 0.2) is 29.6 Å². The maximum atomic E-state index is 12.3. The van der Waals surface area contributed by atoms with Crippen LogP contribution in [0, 0.1) is 12.8 Å². The number of benzene rings is 1. The van der Waals surface area contributed by atoms with Crippen LogP contribution < -0.4 is 5.32 Å². The first-order chi connectivity index (χ1) is 10.9. The van der Waals surface area contributed by atoms with Crippen molar-refractivity contribution in [2.24, 2.45) is 5.92 Å². The fraction of sp³-hybridized carbons (Fsp3) is 0.353. The van der Waals surface area contributed by atoms with Crippen molar-refractivity contribution in [2.45, 2.75) is 33.2 Å². The predicted octanol–water partition coefficient (Wildman–Crippen LogP) is 3.35. The molecule has 6 heteroatoms. The molecule has 122 valence electrons. The number of rotatable bonds is 6. The molecule has 0 aliphatic rings. The maximum absolute atomic E-state index is 12.3. The van der Waals surface area contributed by atoms with Crippen molar-refractivity contribution in [3.8, 4) is 11.3 Å². The third-order valence-electron chi connectivity index (χ3n) is 3.35. The Morgan fingerprint density at radius 2 is 2.09 bits per heavy atom. The minimum atomic E-state index is -1.02. The smallest absolute Gasteiger partial charge is 0.326 e. The van der Waals surface area contributed by atoms with E-state index < -0.39 is 12.0 Å². The molecule has 2 N–H and O–H groups in total. The molecule has 2 aromatic rings. The van der Waals surface area contributed by atoms with Crippen LogP contribution in [0.2, 0.25) is 0 Å². The first kappa shape index (κ1) is 17.1. The van der Waals surface area contributed by atoms with Gasteiger partial charge in [-0.15, -0.1) is 11.3 Å². The van der Waals surface area contributed by atoms with Crippen molar-refractivity contribution in [1.82, 2.24) is 10.3 Å². The Balaban J connectivity index is 2.17. The lowest BCUT2D eigenvalue weighted by atomic mass is 10.0. The van der Waals surface area contributed by atoms with Gasteiger partial charge in [0.25, 0.3) is 5.91 Å². The normalized spacial score (nSPS) is 12.2. The lowest BCUT2D eigenvalue weighted by molar-refractivity contribution is -0.139. The summed E-state index contributed by atoms with van der Waals surface area (Å²) in [5, 5.41) is 14.7. The third-order valence-corrected chi connectivity index (χ3v) is 4.12. The van der Waals surface area contributed by atoms with Gasteiger partial charge in [-0.25, -0.2) is 9.78 Å². The number of aryl methyl sites for hydroxylation is 1. The number of nitrogens with zero attached hydrogens (tertiary/aromatic N) is 1. The lowest BCUT2D eigenvalue weighted by Gasteiger charge is -2.16. The second-order valence-electron chi connectivity index (χ2n) is 5.83. The zero-order chi connectivity index (χ0) is 17.0. The van der Waals surface area contributed by atoms with Crippen molar-refractivity contribution in [3.05, 3.63) is 40.2 Å². The number of carbonyl (C=O) groups excluding carboxylic acids is 1. The predicted molar refractivity (Wildman–Crippen MR) is 90.6 cm³/mol. The fourth-order valence-corrected chi connectivity index (χ4v) is 2.87. The molecule has 0 bridgehead atoms. The number of hydrogen-bond donors (Lipinski definition) is 2. The van der Waals surface area contributed by atoms with E-state index >= 15 is 0 Å². The summed E-state index contributed by atoms with van der Waals surface area (Å²) < 4.78 is 0. The monoisotopic (exact) mass is 332 g/mol. The Hall–Kier alpha value is -2.21. The molecular formula is C17H20N2O3S. The Bertz CT molecular complexity index is 709. The SMILES string of the molecule is Cc1nc(-c2cccc(C(=O)N[C@@H](CC(C)C)C(=O)O)c2)cs1. The van der Waals surface area contributed by atoms with E-state index in [1.165, 1.54) is 0 Å².